The molecule has 0 radical (unpaired) electrons. The predicted octanol–water partition coefficient (Wildman–Crippen LogP) is 2.37. The lowest BCUT2D eigenvalue weighted by Gasteiger charge is -2.10. The average molecular weight is 404 g/mol. The molecular weight excluding hydrogens is 378 g/mol. The van der Waals surface area contributed by atoms with Crippen LogP contribution in [0.2, 0.25) is 0 Å². The summed E-state index contributed by atoms with van der Waals surface area (Å²) in [6.07, 6.45) is 8.35. The predicted molar refractivity (Wildman–Crippen MR) is 112 cm³/mol. The quantitative estimate of drug-likeness (QED) is 0.719. The minimum Gasteiger partial charge on any atom is -0.479 e. The van der Waals surface area contributed by atoms with Gasteiger partial charge in [0.1, 0.15) is 5.52 Å². The summed E-state index contributed by atoms with van der Waals surface area (Å²) < 4.78 is 11.2. The van der Waals surface area contributed by atoms with Gasteiger partial charge in [-0.25, -0.2) is 9.97 Å². The third kappa shape index (κ3) is 4.92. The molecule has 1 amide bonds. The van der Waals surface area contributed by atoms with E-state index in [-0.39, 0.29) is 0 Å². The number of dihydropyridines is 1. The molecule has 2 aliphatic rings. The Morgan fingerprint density at radius 2 is 2.32 bits per heavy atom. The standard InChI is InChI=1S/C13H12N4O2S.C6H13NO/c1-19-12-10-11(20-13(17-10)16-7-18)9(6-15-12)8-2-4-14-5-3-8;1-8-5-6-2-3-7-4-6/h2,4,6-7H,3,5H2,1H3,(H,16,17,18);6-7H,2-5H2,1H3. The van der Waals surface area contributed by atoms with E-state index < -0.39 is 0 Å². The summed E-state index contributed by atoms with van der Waals surface area (Å²) in [5.41, 5.74) is 2.85. The van der Waals surface area contributed by atoms with Crippen molar-refractivity contribution in [1.82, 2.24) is 15.3 Å². The van der Waals surface area contributed by atoms with Gasteiger partial charge < -0.3 is 20.1 Å². The molecule has 2 aromatic rings. The van der Waals surface area contributed by atoms with Gasteiger partial charge in [0.25, 0.3) is 0 Å². The second-order valence-corrected chi connectivity index (χ2v) is 7.45. The maximum Gasteiger partial charge on any atom is 0.241 e. The smallest absolute Gasteiger partial charge is 0.241 e. The summed E-state index contributed by atoms with van der Waals surface area (Å²) in [6.45, 7) is 4.02. The molecule has 8 nitrogen and oxygen atoms in total. The number of ether oxygens (including phenoxy) is 2. The van der Waals surface area contributed by atoms with Crippen LogP contribution in [-0.2, 0) is 9.53 Å². The van der Waals surface area contributed by atoms with Crippen LogP contribution in [0.5, 0.6) is 5.88 Å². The fourth-order valence-corrected chi connectivity index (χ4v) is 4.14. The molecule has 28 heavy (non-hydrogen) atoms. The van der Waals surface area contributed by atoms with Crippen LogP contribution in [0, 0.1) is 5.92 Å². The van der Waals surface area contributed by atoms with Crippen LogP contribution >= 0.6 is 11.3 Å². The van der Waals surface area contributed by atoms with E-state index in [4.69, 9.17) is 9.47 Å². The zero-order valence-electron chi connectivity index (χ0n) is 16.1. The Labute approximate surface area is 168 Å². The molecule has 0 spiro atoms. The number of pyridine rings is 1. The molecule has 1 unspecified atom stereocenters. The first kappa shape index (κ1) is 20.4. The lowest BCUT2D eigenvalue weighted by molar-refractivity contribution is -0.105. The maximum atomic E-state index is 10.6. The molecule has 150 valence electrons. The lowest BCUT2D eigenvalue weighted by Crippen LogP contribution is -2.12. The van der Waals surface area contributed by atoms with Gasteiger partial charge in [0.2, 0.25) is 12.3 Å². The average Bonchev–Trinajstić information content (AvgIpc) is 3.39. The molecule has 1 atom stereocenters. The van der Waals surface area contributed by atoms with Crippen LogP contribution < -0.4 is 15.4 Å². The number of rotatable bonds is 6. The summed E-state index contributed by atoms with van der Waals surface area (Å²) in [5, 5.41) is 6.39. The van der Waals surface area contributed by atoms with E-state index in [1.54, 1.807) is 26.6 Å². The summed E-state index contributed by atoms with van der Waals surface area (Å²) in [7, 11) is 3.32. The molecule has 4 heterocycles. The van der Waals surface area contributed by atoms with Gasteiger partial charge in [0, 0.05) is 38.2 Å². The second-order valence-electron chi connectivity index (χ2n) is 6.45. The van der Waals surface area contributed by atoms with Crippen molar-refractivity contribution in [2.45, 2.75) is 12.8 Å². The Hall–Kier alpha value is -2.36. The fraction of sp³-hybridized carbons (Fsp3) is 0.474. The van der Waals surface area contributed by atoms with Crippen molar-refractivity contribution in [3.63, 3.8) is 0 Å². The number of carbonyl (C=O) groups excluding carboxylic acids is 1. The zero-order valence-corrected chi connectivity index (χ0v) is 16.9. The molecule has 1 saturated heterocycles. The summed E-state index contributed by atoms with van der Waals surface area (Å²) >= 11 is 1.41. The van der Waals surface area contributed by atoms with Crippen molar-refractivity contribution in [2.75, 3.05) is 45.8 Å². The second kappa shape index (κ2) is 10.3. The Morgan fingerprint density at radius 1 is 1.43 bits per heavy atom. The molecule has 2 aliphatic heterocycles. The molecule has 0 aromatic carbocycles. The summed E-state index contributed by atoms with van der Waals surface area (Å²) in [4.78, 5) is 23.4. The largest absolute Gasteiger partial charge is 0.479 e. The highest BCUT2D eigenvalue weighted by molar-refractivity contribution is 7.22. The Kier molecular flexibility index (Phi) is 7.46. The number of aromatic nitrogens is 2. The molecule has 0 aliphatic carbocycles. The first-order valence-electron chi connectivity index (χ1n) is 9.19. The van der Waals surface area contributed by atoms with Crippen LogP contribution in [0.15, 0.2) is 17.3 Å². The highest BCUT2D eigenvalue weighted by Crippen LogP contribution is 2.37. The Bertz CT molecular complexity index is 859. The van der Waals surface area contributed by atoms with Gasteiger partial charge >= 0.3 is 0 Å². The van der Waals surface area contributed by atoms with Crippen molar-refractivity contribution < 1.29 is 14.3 Å². The van der Waals surface area contributed by atoms with E-state index in [0.29, 0.717) is 22.9 Å². The number of fused-ring (bicyclic) bond motifs is 1. The first-order chi connectivity index (χ1) is 13.8. The lowest BCUT2D eigenvalue weighted by atomic mass is 10.0. The molecular formula is C19H25N5O3S. The third-order valence-electron chi connectivity index (χ3n) is 4.56. The molecule has 0 bridgehead atoms. The fourth-order valence-electron chi connectivity index (χ4n) is 3.18. The van der Waals surface area contributed by atoms with Gasteiger partial charge in [-0.1, -0.05) is 11.3 Å². The number of aliphatic imine (C=N–C) groups is 1. The van der Waals surface area contributed by atoms with E-state index in [2.05, 4.69) is 25.6 Å². The molecule has 0 saturated carbocycles. The number of allylic oxidation sites excluding steroid dienone is 1. The highest BCUT2D eigenvalue weighted by Gasteiger charge is 2.17. The first-order valence-corrected chi connectivity index (χ1v) is 10.0. The van der Waals surface area contributed by atoms with Crippen LogP contribution in [0.4, 0.5) is 5.13 Å². The van der Waals surface area contributed by atoms with Crippen molar-refractivity contribution in [2.24, 2.45) is 10.9 Å². The van der Waals surface area contributed by atoms with Gasteiger partial charge in [0.15, 0.2) is 5.13 Å². The van der Waals surface area contributed by atoms with Crippen molar-refractivity contribution in [3.05, 3.63) is 17.8 Å². The van der Waals surface area contributed by atoms with E-state index in [1.165, 1.54) is 29.9 Å². The molecule has 9 heteroatoms. The van der Waals surface area contributed by atoms with Gasteiger partial charge in [0.05, 0.1) is 18.4 Å². The van der Waals surface area contributed by atoms with Gasteiger partial charge in [-0.2, -0.15) is 0 Å². The van der Waals surface area contributed by atoms with Gasteiger partial charge in [-0.15, -0.1) is 0 Å². The number of nitrogens with one attached hydrogen (secondary N) is 2. The van der Waals surface area contributed by atoms with Gasteiger partial charge in [-0.05, 0) is 37.0 Å². The SMILES string of the molecule is COCC1CCNC1.COc1ncc(C2=CC=NCC2)c2sc(NC=O)nc12. The number of carbonyl (C=O) groups is 1. The third-order valence-corrected chi connectivity index (χ3v) is 5.58. The maximum absolute atomic E-state index is 10.6. The molecule has 2 aromatic heterocycles. The van der Waals surface area contributed by atoms with Crippen molar-refractivity contribution >= 4 is 44.9 Å². The number of thiazole rings is 1. The molecule has 2 N–H and O–H groups in total. The summed E-state index contributed by atoms with van der Waals surface area (Å²) in [5.74, 6) is 1.24. The minimum atomic E-state index is 0.462. The monoisotopic (exact) mass is 403 g/mol. The topological polar surface area (TPSA) is 97.7 Å². The molecule has 1 fully saturated rings. The van der Waals surface area contributed by atoms with Crippen LogP contribution in [-0.4, -0.2) is 63.1 Å². The van der Waals surface area contributed by atoms with E-state index in [0.717, 1.165) is 42.3 Å². The Balaban J connectivity index is 0.000000236. The highest BCUT2D eigenvalue weighted by atomic mass is 32.1. The van der Waals surface area contributed by atoms with Crippen molar-refractivity contribution in [3.8, 4) is 5.88 Å². The number of hydrogen-bond donors (Lipinski definition) is 2. The van der Waals surface area contributed by atoms with E-state index >= 15 is 0 Å². The number of hydrogen-bond acceptors (Lipinski definition) is 8. The summed E-state index contributed by atoms with van der Waals surface area (Å²) in [6, 6.07) is 0. The number of methoxy groups -OCH3 is 2. The van der Waals surface area contributed by atoms with E-state index in [1.807, 2.05) is 6.08 Å². The number of anilines is 1. The zero-order chi connectivity index (χ0) is 19.8. The van der Waals surface area contributed by atoms with Crippen LogP contribution in [0.3, 0.4) is 0 Å². The van der Waals surface area contributed by atoms with Crippen molar-refractivity contribution in [1.29, 1.82) is 0 Å². The number of nitrogens with zero attached hydrogens (tertiary/aromatic N) is 3. The normalized spacial score (nSPS) is 18.4. The van der Waals surface area contributed by atoms with Gasteiger partial charge in [-0.3, -0.25) is 9.79 Å². The van der Waals surface area contributed by atoms with Crippen LogP contribution in [0.25, 0.3) is 15.8 Å². The number of amides is 1. The van der Waals surface area contributed by atoms with E-state index in [9.17, 15) is 4.79 Å². The molecule has 4 rings (SSSR count). The Morgan fingerprint density at radius 3 is 2.96 bits per heavy atom. The minimum absolute atomic E-state index is 0.462. The van der Waals surface area contributed by atoms with Crippen LogP contribution in [0.1, 0.15) is 18.4 Å².